The third-order valence-electron chi connectivity index (χ3n) is 3.59. The Morgan fingerprint density at radius 1 is 1.35 bits per heavy atom. The minimum atomic E-state index is -4.50. The van der Waals surface area contributed by atoms with Crippen molar-refractivity contribution in [1.82, 2.24) is 9.88 Å². The molecule has 0 bridgehead atoms. The lowest BCUT2D eigenvalue weighted by Crippen LogP contribution is -2.33. The van der Waals surface area contributed by atoms with E-state index < -0.39 is 22.9 Å². The summed E-state index contributed by atoms with van der Waals surface area (Å²) < 4.78 is 37.8. The lowest BCUT2D eigenvalue weighted by Gasteiger charge is -2.22. The van der Waals surface area contributed by atoms with Gasteiger partial charge in [-0.1, -0.05) is 41.7 Å². The Hall–Kier alpha value is -2.26. The molecule has 1 amide bonds. The molecule has 0 aliphatic rings. The molecular weight excluding hydrogens is 367 g/mol. The molecule has 0 saturated heterocycles. The maximum atomic E-state index is 12.6. The van der Waals surface area contributed by atoms with Crippen molar-refractivity contribution in [2.24, 2.45) is 5.92 Å². The van der Waals surface area contributed by atoms with Crippen LogP contribution in [0.3, 0.4) is 0 Å². The molecule has 9 heteroatoms. The van der Waals surface area contributed by atoms with Crippen LogP contribution in [0.5, 0.6) is 0 Å². The number of aromatic nitrogens is 1. The number of aldehydes is 1. The maximum absolute atomic E-state index is 12.6. The van der Waals surface area contributed by atoms with Gasteiger partial charge in [-0.05, 0) is 12.6 Å². The van der Waals surface area contributed by atoms with Crippen molar-refractivity contribution in [2.75, 3.05) is 18.9 Å². The first-order chi connectivity index (χ1) is 12.3. The van der Waals surface area contributed by atoms with Crippen LogP contribution in [-0.4, -0.2) is 35.7 Å². The average Bonchev–Trinajstić information content (AvgIpc) is 3.04. The van der Waals surface area contributed by atoms with E-state index in [-0.39, 0.29) is 18.1 Å². The van der Waals surface area contributed by atoms with E-state index in [0.29, 0.717) is 30.4 Å². The van der Waals surface area contributed by atoms with Gasteiger partial charge < -0.3 is 15.0 Å². The van der Waals surface area contributed by atoms with E-state index in [9.17, 15) is 22.8 Å². The van der Waals surface area contributed by atoms with Crippen LogP contribution >= 0.6 is 11.3 Å². The maximum Gasteiger partial charge on any atom is 0.427 e. The van der Waals surface area contributed by atoms with E-state index >= 15 is 0 Å². The average molecular weight is 385 g/mol. The number of hydrogen-bond acceptors (Lipinski definition) is 5. The molecule has 1 aromatic heterocycles. The van der Waals surface area contributed by atoms with Gasteiger partial charge in [-0.15, -0.1) is 0 Å². The lowest BCUT2D eigenvalue weighted by molar-refractivity contribution is -0.134. The fraction of sp³-hybridized carbons (Fsp3) is 0.353. The molecule has 0 aliphatic heterocycles. The Morgan fingerprint density at radius 2 is 2.04 bits per heavy atom. The summed E-state index contributed by atoms with van der Waals surface area (Å²) in [5.74, 6) is -1.21. The molecule has 1 heterocycles. The number of carbonyl (C=O) groups excluding carboxylic acids is 2. The third-order valence-corrected chi connectivity index (χ3v) is 4.55. The van der Waals surface area contributed by atoms with Crippen LogP contribution in [0, 0.1) is 5.92 Å². The fourth-order valence-corrected chi connectivity index (χ4v) is 3.07. The molecule has 140 valence electrons. The molecule has 0 spiro atoms. The topological polar surface area (TPSA) is 62.3 Å². The quantitative estimate of drug-likeness (QED) is 0.707. The van der Waals surface area contributed by atoms with Crippen molar-refractivity contribution in [3.63, 3.8) is 0 Å². The number of halogens is 3. The molecule has 26 heavy (non-hydrogen) atoms. The van der Waals surface area contributed by atoms with Gasteiger partial charge >= 0.3 is 6.18 Å². The number of anilines is 1. The molecule has 5 nitrogen and oxygen atoms in total. The Bertz CT molecular complexity index is 734. The van der Waals surface area contributed by atoms with Gasteiger partial charge in [0.15, 0.2) is 5.13 Å². The van der Waals surface area contributed by atoms with Gasteiger partial charge in [0.1, 0.15) is 11.2 Å². The van der Waals surface area contributed by atoms with Crippen LogP contribution in [0.2, 0.25) is 0 Å². The summed E-state index contributed by atoms with van der Waals surface area (Å²) in [4.78, 5) is 27.8. The van der Waals surface area contributed by atoms with Crippen LogP contribution in [-0.2, 0) is 22.3 Å². The number of nitrogens with one attached hydrogen (secondary N) is 1. The highest BCUT2D eigenvalue weighted by Crippen LogP contribution is 2.35. The number of benzene rings is 1. The van der Waals surface area contributed by atoms with Crippen molar-refractivity contribution >= 4 is 28.7 Å². The van der Waals surface area contributed by atoms with Gasteiger partial charge in [-0.3, -0.25) is 4.79 Å². The zero-order valence-electron chi connectivity index (χ0n) is 14.0. The van der Waals surface area contributed by atoms with E-state index in [2.05, 4.69) is 10.3 Å². The van der Waals surface area contributed by atoms with Gasteiger partial charge in [-0.25, -0.2) is 4.98 Å². The molecule has 2 rings (SSSR count). The minimum absolute atomic E-state index is 0.0253. The summed E-state index contributed by atoms with van der Waals surface area (Å²) in [5.41, 5.74) is 1.05. The van der Waals surface area contributed by atoms with E-state index in [1.165, 1.54) is 0 Å². The number of amides is 1. The highest BCUT2D eigenvalue weighted by molar-refractivity contribution is 7.15. The molecular formula is C17H18F3N3O2S. The minimum Gasteiger partial charge on any atom is -0.303 e. The monoisotopic (exact) mass is 385 g/mol. The summed E-state index contributed by atoms with van der Waals surface area (Å²) in [6.45, 7) is 0.871. The van der Waals surface area contributed by atoms with Gasteiger partial charge in [0, 0.05) is 19.5 Å². The largest absolute Gasteiger partial charge is 0.427 e. The summed E-state index contributed by atoms with van der Waals surface area (Å²) in [6, 6.07) is 9.59. The molecule has 2 aromatic rings. The Kier molecular flexibility index (Phi) is 6.87. The Balaban J connectivity index is 1.98. The second-order valence-electron chi connectivity index (χ2n) is 5.80. The van der Waals surface area contributed by atoms with Crippen LogP contribution in [0.1, 0.15) is 16.9 Å². The molecule has 1 aromatic carbocycles. The van der Waals surface area contributed by atoms with Crippen molar-refractivity contribution in [2.45, 2.75) is 19.1 Å². The summed E-state index contributed by atoms with van der Waals surface area (Å²) in [6.07, 6.45) is -3.22. The zero-order valence-corrected chi connectivity index (χ0v) is 14.8. The number of hydrogen-bond donors (Lipinski definition) is 1. The second kappa shape index (κ2) is 8.91. The van der Waals surface area contributed by atoms with E-state index in [0.717, 1.165) is 5.56 Å². The predicted molar refractivity (Wildman–Crippen MR) is 92.7 cm³/mol. The number of rotatable bonds is 8. The zero-order chi connectivity index (χ0) is 19.2. The van der Waals surface area contributed by atoms with Crippen molar-refractivity contribution in [3.8, 4) is 0 Å². The highest BCUT2D eigenvalue weighted by atomic mass is 32.1. The van der Waals surface area contributed by atoms with Crippen LogP contribution in [0.15, 0.2) is 36.5 Å². The Morgan fingerprint density at radius 3 is 2.62 bits per heavy atom. The lowest BCUT2D eigenvalue weighted by atomic mass is 10.0. The first-order valence-electron chi connectivity index (χ1n) is 7.79. The van der Waals surface area contributed by atoms with Gasteiger partial charge in [-0.2, -0.15) is 13.2 Å². The smallest absolute Gasteiger partial charge is 0.303 e. The molecule has 1 atom stereocenters. The molecule has 0 radical (unpaired) electrons. The molecule has 0 saturated carbocycles. The molecule has 0 fully saturated rings. The standard InChI is InChI=1S/C17H18F3N3O2S/c1-23(10-12-5-3-2-4-6-12)11-13(7-8-24)15(25)22-16-21-9-14(26-16)17(18,19)20/h2-6,8-9,13H,7,10-11H2,1H3,(H,21,22,25). The second-order valence-corrected chi connectivity index (χ2v) is 6.83. The predicted octanol–water partition coefficient (Wildman–Crippen LogP) is 3.44. The summed E-state index contributed by atoms with van der Waals surface area (Å²) >= 11 is 0.355. The van der Waals surface area contributed by atoms with Gasteiger partial charge in [0.05, 0.1) is 12.1 Å². The molecule has 1 N–H and O–H groups in total. The third kappa shape index (κ3) is 5.92. The van der Waals surface area contributed by atoms with Gasteiger partial charge in [0.25, 0.3) is 0 Å². The van der Waals surface area contributed by atoms with Crippen LogP contribution in [0.4, 0.5) is 18.3 Å². The van der Waals surface area contributed by atoms with Gasteiger partial charge in [0.2, 0.25) is 5.91 Å². The summed E-state index contributed by atoms with van der Waals surface area (Å²) in [5, 5.41) is 2.24. The Labute approximate surface area is 152 Å². The highest BCUT2D eigenvalue weighted by Gasteiger charge is 2.33. The molecule has 0 aliphatic carbocycles. The van der Waals surface area contributed by atoms with Crippen molar-refractivity contribution in [1.29, 1.82) is 0 Å². The van der Waals surface area contributed by atoms with Crippen LogP contribution in [0.25, 0.3) is 0 Å². The first-order valence-corrected chi connectivity index (χ1v) is 8.61. The van der Waals surface area contributed by atoms with Crippen LogP contribution < -0.4 is 5.32 Å². The molecule has 1 unspecified atom stereocenters. The number of nitrogens with zero attached hydrogens (tertiary/aromatic N) is 2. The first kappa shape index (κ1) is 20.1. The normalized spacial score (nSPS) is 12.8. The van der Waals surface area contributed by atoms with E-state index in [1.54, 1.807) is 0 Å². The number of thiazole rings is 1. The summed E-state index contributed by atoms with van der Waals surface area (Å²) in [7, 11) is 1.81. The number of alkyl halides is 3. The van der Waals surface area contributed by atoms with Crippen molar-refractivity contribution in [3.05, 3.63) is 47.0 Å². The fourth-order valence-electron chi connectivity index (χ4n) is 2.39. The van der Waals surface area contributed by atoms with E-state index in [4.69, 9.17) is 0 Å². The number of carbonyl (C=O) groups is 2. The van der Waals surface area contributed by atoms with E-state index in [1.807, 2.05) is 42.3 Å². The SMILES string of the molecule is CN(Cc1ccccc1)CC(CC=O)C(=O)Nc1ncc(C(F)(F)F)s1. The van der Waals surface area contributed by atoms with Crippen molar-refractivity contribution < 1.29 is 22.8 Å².